The number of alkyl halides is 3. The Hall–Kier alpha value is -2.92. The van der Waals surface area contributed by atoms with Gasteiger partial charge in [0.15, 0.2) is 6.29 Å². The molecule has 1 aliphatic heterocycles. The second-order valence-corrected chi connectivity index (χ2v) is 11.3. The molecule has 1 atom stereocenters. The molecule has 1 N–H and O–H groups in total. The predicted octanol–water partition coefficient (Wildman–Crippen LogP) is 3.96. The van der Waals surface area contributed by atoms with E-state index in [4.69, 9.17) is 9.72 Å². The third-order valence-electron chi connectivity index (χ3n) is 8.95. The first kappa shape index (κ1) is 26.3. The van der Waals surface area contributed by atoms with Gasteiger partial charge in [-0.15, -0.1) is 13.2 Å². The number of hydrogen-bond donors (Lipinski definition) is 1. The fourth-order valence-electron chi connectivity index (χ4n) is 7.78. The van der Waals surface area contributed by atoms with Crippen LogP contribution in [0.5, 0.6) is 11.5 Å². The van der Waals surface area contributed by atoms with Crippen LogP contribution in [-0.2, 0) is 17.8 Å². The molecule has 5 aliphatic rings. The highest BCUT2D eigenvalue weighted by Crippen LogP contribution is 2.55. The number of carbonyl (C=O) groups is 1. The van der Waals surface area contributed by atoms with Crippen molar-refractivity contribution in [3.63, 3.8) is 0 Å². The van der Waals surface area contributed by atoms with Crippen molar-refractivity contribution >= 4 is 12.1 Å². The van der Waals surface area contributed by atoms with Crippen molar-refractivity contribution in [2.45, 2.75) is 63.7 Å². The van der Waals surface area contributed by atoms with Crippen LogP contribution in [0, 0.1) is 23.7 Å². The molecule has 4 saturated carbocycles. The third kappa shape index (κ3) is 5.43. The minimum Gasteiger partial charge on any atom is -0.468 e. The van der Waals surface area contributed by atoms with Crippen molar-refractivity contribution in [3.8, 4) is 11.5 Å². The van der Waals surface area contributed by atoms with E-state index < -0.39 is 12.6 Å². The summed E-state index contributed by atoms with van der Waals surface area (Å²) in [7, 11) is 0. The molecular formula is C28H33F3N4O4. The van der Waals surface area contributed by atoms with E-state index in [1.54, 1.807) is 6.33 Å². The molecule has 2 heterocycles. The van der Waals surface area contributed by atoms with Gasteiger partial charge in [0.05, 0.1) is 12.3 Å². The Labute approximate surface area is 225 Å². The van der Waals surface area contributed by atoms with E-state index in [2.05, 4.69) is 14.6 Å². The highest BCUT2D eigenvalue weighted by Gasteiger charge is 2.50. The van der Waals surface area contributed by atoms with Crippen LogP contribution in [0.4, 0.5) is 19.0 Å². The first-order valence-electron chi connectivity index (χ1n) is 13.7. The first-order valence-corrected chi connectivity index (χ1v) is 13.7. The summed E-state index contributed by atoms with van der Waals surface area (Å²) >= 11 is 0. The van der Waals surface area contributed by atoms with Gasteiger partial charge in [-0.05, 0) is 86.5 Å². The zero-order chi connectivity index (χ0) is 27.1. The summed E-state index contributed by atoms with van der Waals surface area (Å²) in [4.78, 5) is 25.4. The maximum absolute atomic E-state index is 12.4. The zero-order valence-electron chi connectivity index (χ0n) is 21.6. The summed E-state index contributed by atoms with van der Waals surface area (Å²) in [5, 5.41) is 10.0. The van der Waals surface area contributed by atoms with Crippen molar-refractivity contribution in [1.82, 2.24) is 14.9 Å². The summed E-state index contributed by atoms with van der Waals surface area (Å²) in [5.74, 6) is 3.77. The molecular weight excluding hydrogens is 513 g/mol. The number of aliphatic hydroxyl groups excluding tert-OH is 1. The topological polar surface area (TPSA) is 88.0 Å². The van der Waals surface area contributed by atoms with Crippen LogP contribution in [0.1, 0.15) is 43.4 Å². The number of hydrogen-bond acceptors (Lipinski definition) is 8. The van der Waals surface area contributed by atoms with Gasteiger partial charge in [-0.2, -0.15) is 0 Å². The van der Waals surface area contributed by atoms with Gasteiger partial charge in [-0.3, -0.25) is 9.69 Å². The molecule has 0 spiro atoms. The predicted molar refractivity (Wildman–Crippen MR) is 135 cm³/mol. The molecule has 0 amide bonds. The van der Waals surface area contributed by atoms with Crippen LogP contribution >= 0.6 is 0 Å². The van der Waals surface area contributed by atoms with E-state index in [-0.39, 0.29) is 18.1 Å². The standard InChI is InChI=1S/C28H33F3N4O4/c29-28(30,31)39-22-3-1-21(2-4-22)38-25(15-37)34-6-5-23-24(14-34)32-16-33-27(23)35(7-8-36)26-19-10-17-9-18(12-19)13-20(26)11-17/h1-4,15-20,25-26,36H,5-14H2. The number of halogens is 3. The van der Waals surface area contributed by atoms with Crippen molar-refractivity contribution < 1.29 is 32.5 Å². The van der Waals surface area contributed by atoms with Crippen molar-refractivity contribution in [2.24, 2.45) is 23.7 Å². The Balaban J connectivity index is 1.18. The number of anilines is 1. The van der Waals surface area contributed by atoms with Gasteiger partial charge < -0.3 is 19.5 Å². The zero-order valence-corrected chi connectivity index (χ0v) is 21.6. The van der Waals surface area contributed by atoms with Crippen LogP contribution in [-0.4, -0.2) is 64.6 Å². The Morgan fingerprint density at radius 1 is 1.05 bits per heavy atom. The molecule has 4 bridgehead atoms. The van der Waals surface area contributed by atoms with Gasteiger partial charge in [0.25, 0.3) is 0 Å². The van der Waals surface area contributed by atoms with Crippen LogP contribution in [0.2, 0.25) is 0 Å². The molecule has 0 radical (unpaired) electrons. The Morgan fingerprint density at radius 3 is 2.33 bits per heavy atom. The number of carbonyl (C=O) groups excluding carboxylic acids is 1. The molecule has 1 aromatic heterocycles. The van der Waals surface area contributed by atoms with Gasteiger partial charge in [0, 0.05) is 31.2 Å². The highest BCUT2D eigenvalue weighted by molar-refractivity contribution is 5.57. The second kappa shape index (κ2) is 10.6. The van der Waals surface area contributed by atoms with Gasteiger partial charge in [-0.25, -0.2) is 9.97 Å². The minimum absolute atomic E-state index is 0.0571. The van der Waals surface area contributed by atoms with Crippen molar-refractivity contribution in [3.05, 3.63) is 41.9 Å². The van der Waals surface area contributed by atoms with Crippen LogP contribution in [0.15, 0.2) is 30.6 Å². The molecule has 7 rings (SSSR count). The molecule has 0 saturated heterocycles. The van der Waals surface area contributed by atoms with Gasteiger partial charge in [-0.1, -0.05) is 0 Å². The van der Waals surface area contributed by atoms with Crippen LogP contribution in [0.25, 0.3) is 0 Å². The summed E-state index contributed by atoms with van der Waals surface area (Å²) < 4.78 is 47.0. The number of nitrogens with zero attached hydrogens (tertiary/aromatic N) is 4. The average molecular weight is 547 g/mol. The minimum atomic E-state index is -4.78. The van der Waals surface area contributed by atoms with Crippen LogP contribution < -0.4 is 14.4 Å². The summed E-state index contributed by atoms with van der Waals surface area (Å²) in [5.41, 5.74) is 1.87. The molecule has 11 heteroatoms. The van der Waals surface area contributed by atoms with Crippen molar-refractivity contribution in [2.75, 3.05) is 24.6 Å². The van der Waals surface area contributed by atoms with E-state index in [1.165, 1.54) is 44.2 Å². The van der Waals surface area contributed by atoms with E-state index in [0.717, 1.165) is 41.0 Å². The van der Waals surface area contributed by atoms with E-state index in [9.17, 15) is 23.1 Å². The Bertz CT molecular complexity index is 1150. The summed E-state index contributed by atoms with van der Waals surface area (Å²) in [6.45, 7) is 1.49. The normalized spacial score (nSPS) is 28.6. The fourth-order valence-corrected chi connectivity index (χ4v) is 7.78. The molecule has 1 unspecified atom stereocenters. The number of aliphatic hydroxyl groups is 1. The number of aldehydes is 1. The molecule has 210 valence electrons. The molecule has 39 heavy (non-hydrogen) atoms. The number of aromatic nitrogens is 2. The molecule has 1 aromatic carbocycles. The monoisotopic (exact) mass is 546 g/mol. The lowest BCUT2D eigenvalue weighted by Gasteiger charge is -2.57. The van der Waals surface area contributed by atoms with Gasteiger partial charge >= 0.3 is 6.36 Å². The number of benzene rings is 1. The molecule has 2 aromatic rings. The largest absolute Gasteiger partial charge is 0.573 e. The lowest BCUT2D eigenvalue weighted by molar-refractivity contribution is -0.274. The summed E-state index contributed by atoms with van der Waals surface area (Å²) in [6.07, 6.45) is 3.60. The number of rotatable bonds is 9. The molecule has 4 aliphatic carbocycles. The quantitative estimate of drug-likeness (QED) is 0.473. The van der Waals surface area contributed by atoms with Crippen LogP contribution in [0.3, 0.4) is 0 Å². The summed E-state index contributed by atoms with van der Waals surface area (Å²) in [6, 6.07) is 5.36. The van der Waals surface area contributed by atoms with Gasteiger partial charge in [0.2, 0.25) is 6.23 Å². The maximum Gasteiger partial charge on any atom is 0.573 e. The van der Waals surface area contributed by atoms with E-state index in [0.29, 0.717) is 50.2 Å². The number of ether oxygens (including phenoxy) is 2. The lowest BCUT2D eigenvalue weighted by Crippen LogP contribution is -2.57. The molecule has 8 nitrogen and oxygen atoms in total. The SMILES string of the molecule is O=CC(Oc1ccc(OC(F)(F)F)cc1)N1CCc2c(ncnc2N(CCO)C2C3CC4CC(C3)CC2C4)C1. The third-order valence-corrected chi connectivity index (χ3v) is 8.95. The Kier molecular flexibility index (Phi) is 7.13. The second-order valence-electron chi connectivity index (χ2n) is 11.3. The van der Waals surface area contributed by atoms with Crippen molar-refractivity contribution in [1.29, 1.82) is 0 Å². The fraction of sp³-hybridized carbons (Fsp3) is 0.607. The maximum atomic E-state index is 12.4. The Morgan fingerprint density at radius 2 is 1.72 bits per heavy atom. The van der Waals surface area contributed by atoms with E-state index in [1.807, 2.05) is 4.90 Å². The highest BCUT2D eigenvalue weighted by atomic mass is 19.4. The smallest absolute Gasteiger partial charge is 0.468 e. The van der Waals surface area contributed by atoms with Gasteiger partial charge in [0.1, 0.15) is 23.6 Å². The number of fused-ring (bicyclic) bond motifs is 1. The molecule has 4 fully saturated rings. The van der Waals surface area contributed by atoms with E-state index >= 15 is 0 Å². The lowest BCUT2D eigenvalue weighted by atomic mass is 9.54. The average Bonchev–Trinajstić information content (AvgIpc) is 2.90. The first-order chi connectivity index (χ1) is 18.8.